The summed E-state index contributed by atoms with van der Waals surface area (Å²) in [5.41, 5.74) is -0.0657. The van der Waals surface area contributed by atoms with Crippen molar-refractivity contribution in [2.45, 2.75) is 37.6 Å². The van der Waals surface area contributed by atoms with Gasteiger partial charge in [0.15, 0.2) is 11.6 Å². The van der Waals surface area contributed by atoms with Gasteiger partial charge in [0.1, 0.15) is 0 Å². The molecule has 1 amide bonds. The van der Waals surface area contributed by atoms with Gasteiger partial charge in [-0.1, -0.05) is 0 Å². The van der Waals surface area contributed by atoms with E-state index in [1.807, 2.05) is 0 Å². The fourth-order valence-electron chi connectivity index (χ4n) is 4.35. The number of amides is 1. The van der Waals surface area contributed by atoms with Crippen LogP contribution in [0.2, 0.25) is 0 Å². The molecule has 2 saturated heterocycles. The third-order valence-electron chi connectivity index (χ3n) is 6.43. The molecule has 0 unspecified atom stereocenters. The first-order valence-electron chi connectivity index (χ1n) is 9.95. The lowest BCUT2D eigenvalue weighted by Crippen LogP contribution is -2.61. The molecule has 1 aromatic rings. The number of carbonyl (C=O) groups is 1. The van der Waals surface area contributed by atoms with Gasteiger partial charge < -0.3 is 15.1 Å². The van der Waals surface area contributed by atoms with Gasteiger partial charge in [0.25, 0.3) is 0 Å². The van der Waals surface area contributed by atoms with Crippen LogP contribution in [0.25, 0.3) is 0 Å². The summed E-state index contributed by atoms with van der Waals surface area (Å²) < 4.78 is 13.7. The number of rotatable bonds is 4. The minimum atomic E-state index is -0.444. The summed E-state index contributed by atoms with van der Waals surface area (Å²) in [6.45, 7) is 4.19. The molecule has 3 aliphatic rings. The van der Waals surface area contributed by atoms with Crippen molar-refractivity contribution in [1.29, 1.82) is 0 Å². The maximum Gasteiger partial charge on any atom is 0.227 e. The molecule has 148 valence electrons. The Balaban J connectivity index is 1.52. The second-order valence-corrected chi connectivity index (χ2v) is 8.22. The Labute approximate surface area is 159 Å². The molecule has 1 aromatic heterocycles. The topological polar surface area (TPSA) is 64.6 Å². The van der Waals surface area contributed by atoms with E-state index in [-0.39, 0.29) is 11.4 Å². The highest BCUT2D eigenvalue weighted by atomic mass is 19.1. The van der Waals surface area contributed by atoms with Gasteiger partial charge in [0, 0.05) is 51.7 Å². The number of hydrogen-bond acceptors (Lipinski definition) is 6. The van der Waals surface area contributed by atoms with Crippen molar-refractivity contribution in [3.63, 3.8) is 0 Å². The van der Waals surface area contributed by atoms with Gasteiger partial charge >= 0.3 is 0 Å². The molecule has 1 saturated carbocycles. The monoisotopic (exact) mass is 376 g/mol. The van der Waals surface area contributed by atoms with E-state index in [1.165, 1.54) is 19.0 Å². The van der Waals surface area contributed by atoms with Crippen LogP contribution in [0.3, 0.4) is 0 Å². The average Bonchev–Trinajstić information content (AvgIpc) is 3.50. The second kappa shape index (κ2) is 7.22. The van der Waals surface area contributed by atoms with Crippen molar-refractivity contribution in [3.05, 3.63) is 12.0 Å². The summed E-state index contributed by atoms with van der Waals surface area (Å²) in [5, 5.41) is 2.79. The summed E-state index contributed by atoms with van der Waals surface area (Å²) in [7, 11) is 3.81. The van der Waals surface area contributed by atoms with Crippen molar-refractivity contribution in [1.82, 2.24) is 19.8 Å². The SMILES string of the molecule is CNc1nc(N2CCN(C)[C@@]3(CCC(=O)N(CC4CC4)CC3)C2)ncc1F. The van der Waals surface area contributed by atoms with Crippen LogP contribution in [0.5, 0.6) is 0 Å². The molecule has 8 heteroatoms. The van der Waals surface area contributed by atoms with E-state index in [0.29, 0.717) is 18.3 Å². The minimum Gasteiger partial charge on any atom is -0.371 e. The number of piperazine rings is 1. The van der Waals surface area contributed by atoms with E-state index in [4.69, 9.17) is 0 Å². The highest BCUT2D eigenvalue weighted by Gasteiger charge is 2.43. The Morgan fingerprint density at radius 3 is 2.85 bits per heavy atom. The first-order valence-corrected chi connectivity index (χ1v) is 9.95. The zero-order valence-corrected chi connectivity index (χ0v) is 16.2. The molecule has 3 heterocycles. The predicted molar refractivity (Wildman–Crippen MR) is 102 cm³/mol. The molecule has 7 nitrogen and oxygen atoms in total. The third-order valence-corrected chi connectivity index (χ3v) is 6.43. The number of carbonyl (C=O) groups excluding carboxylic acids is 1. The van der Waals surface area contributed by atoms with Crippen LogP contribution in [-0.2, 0) is 4.79 Å². The first-order chi connectivity index (χ1) is 13.0. The molecular formula is C19H29FN6O. The van der Waals surface area contributed by atoms with Crippen LogP contribution >= 0.6 is 0 Å². The summed E-state index contributed by atoms with van der Waals surface area (Å²) in [5.74, 6) is 1.34. The fourth-order valence-corrected chi connectivity index (χ4v) is 4.35. The van der Waals surface area contributed by atoms with Crippen molar-refractivity contribution < 1.29 is 9.18 Å². The summed E-state index contributed by atoms with van der Waals surface area (Å²) in [4.78, 5) is 27.8. The van der Waals surface area contributed by atoms with Gasteiger partial charge in [-0.2, -0.15) is 4.98 Å². The van der Waals surface area contributed by atoms with E-state index in [0.717, 1.165) is 51.5 Å². The number of nitrogens with zero attached hydrogens (tertiary/aromatic N) is 5. The predicted octanol–water partition coefficient (Wildman–Crippen LogP) is 1.57. The average molecular weight is 376 g/mol. The number of anilines is 2. The zero-order chi connectivity index (χ0) is 19.0. The molecule has 0 bridgehead atoms. The minimum absolute atomic E-state index is 0.0657. The Kier molecular flexibility index (Phi) is 4.92. The Hall–Kier alpha value is -1.96. The van der Waals surface area contributed by atoms with Gasteiger partial charge in [0.05, 0.1) is 6.20 Å². The molecule has 3 fully saturated rings. The Morgan fingerprint density at radius 2 is 2.11 bits per heavy atom. The smallest absolute Gasteiger partial charge is 0.227 e. The first kappa shape index (κ1) is 18.4. The highest BCUT2D eigenvalue weighted by Crippen LogP contribution is 2.35. The second-order valence-electron chi connectivity index (χ2n) is 8.22. The van der Waals surface area contributed by atoms with Crippen LogP contribution in [0.4, 0.5) is 16.2 Å². The van der Waals surface area contributed by atoms with Crippen LogP contribution < -0.4 is 10.2 Å². The van der Waals surface area contributed by atoms with E-state index in [1.54, 1.807) is 7.05 Å². The van der Waals surface area contributed by atoms with Crippen LogP contribution in [0.1, 0.15) is 32.1 Å². The summed E-state index contributed by atoms with van der Waals surface area (Å²) in [6, 6.07) is 0. The van der Waals surface area contributed by atoms with E-state index in [9.17, 15) is 9.18 Å². The van der Waals surface area contributed by atoms with Crippen molar-refractivity contribution >= 4 is 17.7 Å². The summed E-state index contributed by atoms with van der Waals surface area (Å²) >= 11 is 0. The summed E-state index contributed by atoms with van der Waals surface area (Å²) in [6.07, 6.45) is 6.15. The number of halogens is 1. The van der Waals surface area contributed by atoms with Crippen LogP contribution in [-0.4, -0.2) is 78.0 Å². The molecule has 27 heavy (non-hydrogen) atoms. The Bertz CT molecular complexity index is 711. The Morgan fingerprint density at radius 1 is 1.30 bits per heavy atom. The molecule has 1 spiro atoms. The molecule has 0 aromatic carbocycles. The quantitative estimate of drug-likeness (QED) is 0.861. The van der Waals surface area contributed by atoms with E-state index >= 15 is 0 Å². The molecule has 1 atom stereocenters. The van der Waals surface area contributed by atoms with Crippen molar-refractivity contribution in [2.24, 2.45) is 5.92 Å². The normalized spacial score (nSPS) is 27.1. The van der Waals surface area contributed by atoms with Gasteiger partial charge in [0.2, 0.25) is 11.9 Å². The lowest BCUT2D eigenvalue weighted by atomic mass is 9.86. The van der Waals surface area contributed by atoms with Gasteiger partial charge in [-0.05, 0) is 38.6 Å². The molecule has 4 rings (SSSR count). The molecule has 0 radical (unpaired) electrons. The van der Waals surface area contributed by atoms with Crippen molar-refractivity contribution in [3.8, 4) is 0 Å². The van der Waals surface area contributed by atoms with Crippen molar-refractivity contribution in [2.75, 3.05) is 57.0 Å². The lowest BCUT2D eigenvalue weighted by molar-refractivity contribution is -0.130. The number of likely N-dealkylation sites (tertiary alicyclic amines) is 1. The maximum absolute atomic E-state index is 13.7. The largest absolute Gasteiger partial charge is 0.371 e. The highest BCUT2D eigenvalue weighted by molar-refractivity contribution is 5.76. The number of aromatic nitrogens is 2. The third kappa shape index (κ3) is 3.72. The molecular weight excluding hydrogens is 347 g/mol. The number of hydrogen-bond donors (Lipinski definition) is 1. The van der Waals surface area contributed by atoms with Gasteiger partial charge in [-0.25, -0.2) is 9.37 Å². The van der Waals surface area contributed by atoms with E-state index in [2.05, 4.69) is 37.0 Å². The molecule has 1 N–H and O–H groups in total. The van der Waals surface area contributed by atoms with E-state index < -0.39 is 5.82 Å². The van der Waals surface area contributed by atoms with Crippen LogP contribution in [0, 0.1) is 11.7 Å². The molecule has 1 aliphatic carbocycles. The number of nitrogens with one attached hydrogen (secondary N) is 1. The maximum atomic E-state index is 13.7. The standard InChI is InChI=1S/C19H29FN6O/c1-21-17-15(20)11-22-18(23-17)26-10-9-24(2)19(13-26)6-5-16(27)25(8-7-19)12-14-3-4-14/h11,14H,3-10,12-13H2,1-2H3,(H,21,22,23)/t19-/m1/s1. The van der Waals surface area contributed by atoms with Crippen LogP contribution in [0.15, 0.2) is 6.20 Å². The zero-order valence-electron chi connectivity index (χ0n) is 16.2. The fraction of sp³-hybridized carbons (Fsp3) is 0.737. The van der Waals surface area contributed by atoms with Gasteiger partial charge in [-0.3, -0.25) is 9.69 Å². The molecule has 2 aliphatic heterocycles. The van der Waals surface area contributed by atoms with Gasteiger partial charge in [-0.15, -0.1) is 0 Å². The number of likely N-dealkylation sites (N-methyl/N-ethyl adjacent to an activating group) is 1. The lowest BCUT2D eigenvalue weighted by Gasteiger charge is -2.49.